The number of hydrogen-bond acceptors (Lipinski definition) is 4. The fourth-order valence-corrected chi connectivity index (χ4v) is 2.07. The quantitative estimate of drug-likeness (QED) is 0.923. The molecule has 1 aromatic carbocycles. The van der Waals surface area contributed by atoms with Crippen molar-refractivity contribution >= 4 is 11.6 Å². The van der Waals surface area contributed by atoms with Crippen LogP contribution in [-0.4, -0.2) is 27.4 Å². The molecular formula is C15H21ClN4O. The van der Waals surface area contributed by atoms with Crippen LogP contribution in [0.1, 0.15) is 32.2 Å². The van der Waals surface area contributed by atoms with Gasteiger partial charge in [-0.2, -0.15) is 5.10 Å². The molecule has 1 N–H and O–H groups in total. The fraction of sp³-hybridized carbons (Fsp3) is 0.467. The lowest BCUT2D eigenvalue weighted by atomic mass is 10.1. The SMILES string of the molecule is COc1ccc(Cl)cc1Cn1cnc(CNC(C)(C)C)n1. The van der Waals surface area contributed by atoms with E-state index in [2.05, 4.69) is 36.2 Å². The largest absolute Gasteiger partial charge is 0.496 e. The predicted molar refractivity (Wildman–Crippen MR) is 83.7 cm³/mol. The molecule has 0 radical (unpaired) electrons. The summed E-state index contributed by atoms with van der Waals surface area (Å²) in [5, 5.41) is 8.50. The third kappa shape index (κ3) is 4.72. The van der Waals surface area contributed by atoms with Gasteiger partial charge in [0.15, 0.2) is 5.82 Å². The van der Waals surface area contributed by atoms with Gasteiger partial charge in [-0.15, -0.1) is 0 Å². The molecule has 0 spiro atoms. The van der Waals surface area contributed by atoms with E-state index in [0.29, 0.717) is 18.1 Å². The molecule has 0 saturated carbocycles. The standard InChI is InChI=1S/C15H21ClN4O/c1-15(2,3)18-8-14-17-10-20(19-14)9-11-7-12(16)5-6-13(11)21-4/h5-7,10,18H,8-9H2,1-4H3. The van der Waals surface area contributed by atoms with E-state index < -0.39 is 0 Å². The van der Waals surface area contributed by atoms with Crippen molar-refractivity contribution in [2.24, 2.45) is 0 Å². The summed E-state index contributed by atoms with van der Waals surface area (Å²) in [5.41, 5.74) is 1.02. The van der Waals surface area contributed by atoms with Gasteiger partial charge in [-0.25, -0.2) is 9.67 Å². The minimum absolute atomic E-state index is 0.0433. The second-order valence-corrected chi connectivity index (χ2v) is 6.35. The van der Waals surface area contributed by atoms with E-state index >= 15 is 0 Å². The highest BCUT2D eigenvalue weighted by molar-refractivity contribution is 6.30. The summed E-state index contributed by atoms with van der Waals surface area (Å²) in [7, 11) is 1.65. The van der Waals surface area contributed by atoms with Crippen molar-refractivity contribution in [1.29, 1.82) is 0 Å². The summed E-state index contributed by atoms with van der Waals surface area (Å²) < 4.78 is 7.12. The molecule has 2 rings (SSSR count). The highest BCUT2D eigenvalue weighted by Crippen LogP contribution is 2.23. The van der Waals surface area contributed by atoms with E-state index in [1.165, 1.54) is 0 Å². The Labute approximate surface area is 130 Å². The van der Waals surface area contributed by atoms with Crippen LogP contribution in [0, 0.1) is 0 Å². The maximum Gasteiger partial charge on any atom is 0.164 e. The molecule has 0 aliphatic carbocycles. The van der Waals surface area contributed by atoms with E-state index in [9.17, 15) is 0 Å². The van der Waals surface area contributed by atoms with Crippen molar-refractivity contribution in [3.8, 4) is 5.75 Å². The van der Waals surface area contributed by atoms with Gasteiger partial charge in [0.05, 0.1) is 20.2 Å². The molecule has 6 heteroatoms. The maximum absolute atomic E-state index is 6.03. The van der Waals surface area contributed by atoms with E-state index in [4.69, 9.17) is 16.3 Å². The van der Waals surface area contributed by atoms with Crippen molar-refractivity contribution in [1.82, 2.24) is 20.1 Å². The molecule has 1 aromatic heterocycles. The van der Waals surface area contributed by atoms with Gasteiger partial charge in [-0.3, -0.25) is 0 Å². The highest BCUT2D eigenvalue weighted by atomic mass is 35.5. The van der Waals surface area contributed by atoms with E-state index in [0.717, 1.165) is 17.1 Å². The number of nitrogens with one attached hydrogen (secondary N) is 1. The number of benzene rings is 1. The molecule has 0 aliphatic rings. The molecular weight excluding hydrogens is 288 g/mol. The number of aromatic nitrogens is 3. The Morgan fingerprint density at radius 1 is 1.33 bits per heavy atom. The highest BCUT2D eigenvalue weighted by Gasteiger charge is 2.11. The molecule has 21 heavy (non-hydrogen) atoms. The molecule has 5 nitrogen and oxygen atoms in total. The summed E-state index contributed by atoms with van der Waals surface area (Å²) in [4.78, 5) is 4.31. The lowest BCUT2D eigenvalue weighted by molar-refractivity contribution is 0.406. The van der Waals surface area contributed by atoms with Gasteiger partial charge in [0.1, 0.15) is 12.1 Å². The first-order chi connectivity index (χ1) is 9.87. The van der Waals surface area contributed by atoms with Gasteiger partial charge >= 0.3 is 0 Å². The molecule has 0 amide bonds. The third-order valence-corrected chi connectivity index (χ3v) is 3.17. The zero-order chi connectivity index (χ0) is 15.5. The van der Waals surface area contributed by atoms with Crippen LogP contribution in [0.4, 0.5) is 0 Å². The Morgan fingerprint density at radius 2 is 2.10 bits per heavy atom. The minimum atomic E-state index is 0.0433. The number of halogens is 1. The molecule has 0 saturated heterocycles. The molecule has 0 aliphatic heterocycles. The van der Waals surface area contributed by atoms with Crippen LogP contribution < -0.4 is 10.1 Å². The van der Waals surface area contributed by atoms with Crippen LogP contribution in [0.5, 0.6) is 5.75 Å². The van der Waals surface area contributed by atoms with Crippen molar-refractivity contribution in [2.45, 2.75) is 39.4 Å². The molecule has 0 unspecified atom stereocenters. The van der Waals surface area contributed by atoms with Crippen LogP contribution in [0.3, 0.4) is 0 Å². The van der Waals surface area contributed by atoms with Crippen molar-refractivity contribution in [3.63, 3.8) is 0 Å². The van der Waals surface area contributed by atoms with Crippen molar-refractivity contribution in [2.75, 3.05) is 7.11 Å². The number of ether oxygens (including phenoxy) is 1. The summed E-state index contributed by atoms with van der Waals surface area (Å²) in [6, 6.07) is 5.55. The molecule has 0 bridgehead atoms. The third-order valence-electron chi connectivity index (χ3n) is 2.94. The van der Waals surface area contributed by atoms with Gasteiger partial charge in [0.2, 0.25) is 0 Å². The molecule has 0 fully saturated rings. The fourth-order valence-electron chi connectivity index (χ4n) is 1.88. The molecule has 0 atom stereocenters. The maximum atomic E-state index is 6.03. The zero-order valence-corrected chi connectivity index (χ0v) is 13.6. The van der Waals surface area contributed by atoms with Gasteiger partial charge < -0.3 is 10.1 Å². The Balaban J connectivity index is 2.07. The van der Waals surface area contributed by atoms with Crippen molar-refractivity contribution in [3.05, 3.63) is 40.9 Å². The second kappa shape index (κ2) is 6.45. The number of rotatable bonds is 5. The van der Waals surface area contributed by atoms with Gasteiger partial charge in [-0.1, -0.05) is 11.6 Å². The first-order valence-electron chi connectivity index (χ1n) is 6.83. The minimum Gasteiger partial charge on any atom is -0.496 e. The molecule has 2 aromatic rings. The summed E-state index contributed by atoms with van der Waals surface area (Å²) in [5.74, 6) is 1.56. The van der Waals surface area contributed by atoms with E-state index in [1.54, 1.807) is 18.1 Å². The smallest absolute Gasteiger partial charge is 0.164 e. The zero-order valence-electron chi connectivity index (χ0n) is 12.9. The van der Waals surface area contributed by atoms with Crippen LogP contribution in [0.2, 0.25) is 5.02 Å². The summed E-state index contributed by atoms with van der Waals surface area (Å²) in [6.07, 6.45) is 1.72. The Kier molecular flexibility index (Phi) is 4.85. The number of methoxy groups -OCH3 is 1. The molecule has 1 heterocycles. The first-order valence-corrected chi connectivity index (χ1v) is 7.21. The summed E-state index contributed by atoms with van der Waals surface area (Å²) >= 11 is 6.03. The van der Waals surface area contributed by atoms with E-state index in [-0.39, 0.29) is 5.54 Å². The Hall–Kier alpha value is -1.59. The van der Waals surface area contributed by atoms with Crippen molar-refractivity contribution < 1.29 is 4.74 Å². The molecule has 114 valence electrons. The van der Waals surface area contributed by atoms with Gasteiger partial charge in [-0.05, 0) is 39.0 Å². The Bertz CT molecular complexity index is 604. The normalized spacial score (nSPS) is 11.7. The Morgan fingerprint density at radius 3 is 2.76 bits per heavy atom. The topological polar surface area (TPSA) is 52.0 Å². The van der Waals surface area contributed by atoms with E-state index in [1.807, 2.05) is 18.2 Å². The monoisotopic (exact) mass is 308 g/mol. The average molecular weight is 309 g/mol. The van der Waals surface area contributed by atoms with Gasteiger partial charge in [0.25, 0.3) is 0 Å². The van der Waals surface area contributed by atoms with Crippen LogP contribution in [0.25, 0.3) is 0 Å². The average Bonchev–Trinajstić information content (AvgIpc) is 2.84. The lowest BCUT2D eigenvalue weighted by Crippen LogP contribution is -2.35. The second-order valence-electron chi connectivity index (χ2n) is 5.92. The number of nitrogens with zero attached hydrogens (tertiary/aromatic N) is 3. The predicted octanol–water partition coefficient (Wildman–Crippen LogP) is 2.88. The van der Waals surface area contributed by atoms with Crippen LogP contribution >= 0.6 is 11.6 Å². The lowest BCUT2D eigenvalue weighted by Gasteiger charge is -2.19. The number of hydrogen-bond donors (Lipinski definition) is 1. The van der Waals surface area contributed by atoms with Crippen LogP contribution in [0.15, 0.2) is 24.5 Å². The van der Waals surface area contributed by atoms with Crippen LogP contribution in [-0.2, 0) is 13.1 Å². The first kappa shape index (κ1) is 15.8. The van der Waals surface area contributed by atoms with Gasteiger partial charge in [0, 0.05) is 16.1 Å². The summed E-state index contributed by atoms with van der Waals surface area (Å²) in [6.45, 7) is 7.55.